The fourth-order valence-electron chi connectivity index (χ4n) is 4.14. The number of carbonyl (C=O) groups excluding carboxylic acids is 2. The minimum Gasteiger partial charge on any atom is -0.497 e. The number of nitrogens with zero attached hydrogens (tertiary/aromatic N) is 2. The Labute approximate surface area is 236 Å². The molecule has 0 saturated heterocycles. The zero-order valence-electron chi connectivity index (χ0n) is 23.7. The Morgan fingerprint density at radius 1 is 0.900 bits per heavy atom. The van der Waals surface area contributed by atoms with Gasteiger partial charge < -0.3 is 19.7 Å². The number of rotatable bonds is 12. The van der Waals surface area contributed by atoms with Gasteiger partial charge in [-0.2, -0.15) is 0 Å². The SMILES string of the molecule is COc1cccc(CN(C(=O)CN(c2ccccc2OC)S(=O)(=O)c2ccc(C)cc2)[C@@H](C)C(=O)NC(C)C)c1. The summed E-state index contributed by atoms with van der Waals surface area (Å²) in [6.45, 7) is 6.65. The average Bonchev–Trinajstić information content (AvgIpc) is 2.94. The van der Waals surface area contributed by atoms with Crippen LogP contribution in [0.1, 0.15) is 31.9 Å². The minimum atomic E-state index is -4.20. The Balaban J connectivity index is 2.07. The number of carbonyl (C=O) groups is 2. The summed E-state index contributed by atoms with van der Waals surface area (Å²) < 4.78 is 39.7. The number of benzene rings is 3. The molecule has 214 valence electrons. The van der Waals surface area contributed by atoms with E-state index in [1.165, 1.54) is 24.1 Å². The van der Waals surface area contributed by atoms with Crippen molar-refractivity contribution in [1.82, 2.24) is 10.2 Å². The molecule has 1 atom stereocenters. The van der Waals surface area contributed by atoms with Gasteiger partial charge in [0.15, 0.2) is 0 Å². The number of para-hydroxylation sites is 2. The van der Waals surface area contributed by atoms with Crippen LogP contribution in [0.2, 0.25) is 0 Å². The van der Waals surface area contributed by atoms with Gasteiger partial charge in [0, 0.05) is 12.6 Å². The van der Waals surface area contributed by atoms with Crippen molar-refractivity contribution in [2.45, 2.75) is 51.2 Å². The lowest BCUT2D eigenvalue weighted by molar-refractivity contribution is -0.139. The van der Waals surface area contributed by atoms with E-state index in [9.17, 15) is 18.0 Å². The lowest BCUT2D eigenvalue weighted by atomic mass is 10.1. The molecule has 0 aliphatic carbocycles. The number of aryl methyl sites for hydroxylation is 1. The fourth-order valence-corrected chi connectivity index (χ4v) is 5.57. The lowest BCUT2D eigenvalue weighted by Crippen LogP contribution is -2.52. The highest BCUT2D eigenvalue weighted by molar-refractivity contribution is 7.92. The molecule has 9 nitrogen and oxygen atoms in total. The maximum atomic E-state index is 14.0. The van der Waals surface area contributed by atoms with E-state index >= 15 is 0 Å². The molecule has 0 bridgehead atoms. The molecule has 3 aromatic carbocycles. The molecule has 10 heteroatoms. The number of nitrogens with one attached hydrogen (secondary N) is 1. The van der Waals surface area contributed by atoms with E-state index in [0.717, 1.165) is 15.4 Å². The third-order valence-corrected chi connectivity index (χ3v) is 8.10. The summed E-state index contributed by atoms with van der Waals surface area (Å²) in [6, 6.07) is 19.1. The number of anilines is 1. The van der Waals surface area contributed by atoms with Crippen molar-refractivity contribution in [2.75, 3.05) is 25.1 Å². The van der Waals surface area contributed by atoms with Crippen LogP contribution in [0.25, 0.3) is 0 Å². The smallest absolute Gasteiger partial charge is 0.264 e. The normalized spacial score (nSPS) is 12.0. The van der Waals surface area contributed by atoms with E-state index in [-0.39, 0.29) is 34.8 Å². The average molecular weight is 568 g/mol. The Hall–Kier alpha value is -4.05. The molecule has 0 unspecified atom stereocenters. The van der Waals surface area contributed by atoms with Gasteiger partial charge in [-0.1, -0.05) is 42.0 Å². The number of sulfonamides is 1. The minimum absolute atomic E-state index is 0.0294. The predicted molar refractivity (Wildman–Crippen MR) is 155 cm³/mol. The van der Waals surface area contributed by atoms with Crippen molar-refractivity contribution in [3.05, 3.63) is 83.9 Å². The summed E-state index contributed by atoms with van der Waals surface area (Å²) in [7, 11) is -1.22. The third-order valence-electron chi connectivity index (χ3n) is 6.33. The first kappa shape index (κ1) is 30.5. The number of hydrogen-bond acceptors (Lipinski definition) is 6. The molecule has 2 amide bonds. The first-order valence-corrected chi connectivity index (χ1v) is 14.4. The molecule has 0 saturated carbocycles. The molecule has 40 heavy (non-hydrogen) atoms. The van der Waals surface area contributed by atoms with E-state index < -0.39 is 28.5 Å². The van der Waals surface area contributed by atoms with Crippen LogP contribution >= 0.6 is 0 Å². The quantitative estimate of drug-likeness (QED) is 0.353. The molecule has 0 spiro atoms. The van der Waals surface area contributed by atoms with E-state index in [0.29, 0.717) is 5.75 Å². The molecule has 1 N–H and O–H groups in total. The Morgan fingerprint density at radius 2 is 1.57 bits per heavy atom. The van der Waals surface area contributed by atoms with Gasteiger partial charge in [-0.3, -0.25) is 13.9 Å². The maximum Gasteiger partial charge on any atom is 0.264 e. The first-order valence-electron chi connectivity index (χ1n) is 12.9. The van der Waals surface area contributed by atoms with Crippen LogP contribution in [0.4, 0.5) is 5.69 Å². The molecular weight excluding hydrogens is 530 g/mol. The summed E-state index contributed by atoms with van der Waals surface area (Å²) in [5.41, 5.74) is 1.83. The highest BCUT2D eigenvalue weighted by Gasteiger charge is 2.33. The zero-order chi connectivity index (χ0) is 29.4. The fraction of sp³-hybridized carbons (Fsp3) is 0.333. The summed E-state index contributed by atoms with van der Waals surface area (Å²) in [4.78, 5) is 28.5. The standard InChI is InChI=1S/C30H37N3O6S/c1-21(2)31-30(35)23(4)32(19-24-10-9-11-25(18-24)38-5)29(34)20-33(27-12-7-8-13-28(27)39-6)40(36,37)26-16-14-22(3)15-17-26/h7-18,21,23H,19-20H2,1-6H3,(H,31,35)/t23-/m0/s1. The highest BCUT2D eigenvalue weighted by Crippen LogP contribution is 2.32. The Bertz CT molecular complexity index is 1420. The predicted octanol–water partition coefficient (Wildman–Crippen LogP) is 4.15. The molecule has 3 rings (SSSR count). The Kier molecular flexibility index (Phi) is 10.2. The van der Waals surface area contributed by atoms with Crippen molar-refractivity contribution in [1.29, 1.82) is 0 Å². The van der Waals surface area contributed by atoms with Gasteiger partial charge in [0.05, 0.1) is 24.8 Å². The molecule has 0 heterocycles. The van der Waals surface area contributed by atoms with Crippen molar-refractivity contribution < 1.29 is 27.5 Å². The van der Waals surface area contributed by atoms with Crippen LogP contribution in [0.15, 0.2) is 77.7 Å². The second-order valence-corrected chi connectivity index (χ2v) is 11.6. The van der Waals surface area contributed by atoms with Gasteiger partial charge >= 0.3 is 0 Å². The van der Waals surface area contributed by atoms with Gasteiger partial charge in [-0.05, 0) is 69.7 Å². The molecular formula is C30H37N3O6S. The van der Waals surface area contributed by atoms with Crippen molar-refractivity contribution in [2.24, 2.45) is 0 Å². The van der Waals surface area contributed by atoms with Crippen LogP contribution in [-0.2, 0) is 26.2 Å². The summed E-state index contributed by atoms with van der Waals surface area (Å²) >= 11 is 0. The van der Waals surface area contributed by atoms with Gasteiger partial charge in [0.2, 0.25) is 11.8 Å². The molecule has 0 aliphatic rings. The van der Waals surface area contributed by atoms with Gasteiger partial charge in [-0.15, -0.1) is 0 Å². The third kappa shape index (κ3) is 7.32. The number of methoxy groups -OCH3 is 2. The van der Waals surface area contributed by atoms with Gasteiger partial charge in [-0.25, -0.2) is 8.42 Å². The largest absolute Gasteiger partial charge is 0.497 e. The van der Waals surface area contributed by atoms with Crippen LogP contribution in [0.3, 0.4) is 0 Å². The van der Waals surface area contributed by atoms with E-state index in [4.69, 9.17) is 9.47 Å². The van der Waals surface area contributed by atoms with E-state index in [2.05, 4.69) is 5.32 Å². The lowest BCUT2D eigenvalue weighted by Gasteiger charge is -2.32. The number of amides is 2. The van der Waals surface area contributed by atoms with E-state index in [1.807, 2.05) is 26.8 Å². The summed E-state index contributed by atoms with van der Waals surface area (Å²) in [6.07, 6.45) is 0. The molecule has 3 aromatic rings. The molecule has 0 fully saturated rings. The number of hydrogen-bond donors (Lipinski definition) is 1. The topological polar surface area (TPSA) is 105 Å². The summed E-state index contributed by atoms with van der Waals surface area (Å²) in [5.74, 6) is -0.0231. The van der Waals surface area contributed by atoms with E-state index in [1.54, 1.807) is 68.6 Å². The zero-order valence-corrected chi connectivity index (χ0v) is 24.6. The molecule has 0 aliphatic heterocycles. The van der Waals surface area contributed by atoms with Crippen molar-refractivity contribution >= 4 is 27.5 Å². The van der Waals surface area contributed by atoms with Crippen LogP contribution in [0.5, 0.6) is 11.5 Å². The maximum absolute atomic E-state index is 14.0. The Morgan fingerprint density at radius 3 is 2.20 bits per heavy atom. The number of ether oxygens (including phenoxy) is 2. The first-order chi connectivity index (χ1) is 19.0. The highest BCUT2D eigenvalue weighted by atomic mass is 32.2. The van der Waals surface area contributed by atoms with Crippen molar-refractivity contribution in [3.63, 3.8) is 0 Å². The van der Waals surface area contributed by atoms with Crippen LogP contribution < -0.4 is 19.1 Å². The monoisotopic (exact) mass is 567 g/mol. The second kappa shape index (κ2) is 13.3. The van der Waals surface area contributed by atoms with Gasteiger partial charge in [0.25, 0.3) is 10.0 Å². The van der Waals surface area contributed by atoms with Crippen molar-refractivity contribution in [3.8, 4) is 11.5 Å². The second-order valence-electron chi connectivity index (χ2n) is 9.71. The molecule has 0 aromatic heterocycles. The van der Waals surface area contributed by atoms with Gasteiger partial charge in [0.1, 0.15) is 24.1 Å². The summed E-state index contributed by atoms with van der Waals surface area (Å²) in [5, 5.41) is 2.84. The van der Waals surface area contributed by atoms with Crippen LogP contribution in [0, 0.1) is 6.92 Å². The van der Waals surface area contributed by atoms with Crippen LogP contribution in [-0.4, -0.2) is 58.0 Å². The molecule has 0 radical (unpaired) electrons.